The van der Waals surface area contributed by atoms with Crippen molar-refractivity contribution in [3.05, 3.63) is 54.1 Å². The van der Waals surface area contributed by atoms with Crippen molar-refractivity contribution in [1.82, 2.24) is 9.21 Å². The van der Waals surface area contributed by atoms with Crippen LogP contribution in [-0.2, 0) is 14.8 Å². The van der Waals surface area contributed by atoms with Crippen LogP contribution in [0.5, 0.6) is 0 Å². The number of benzene rings is 2. The highest BCUT2D eigenvalue weighted by molar-refractivity contribution is 7.89. The molecule has 1 aliphatic rings. The molecule has 0 aliphatic carbocycles. The number of carbonyl (C=O) groups is 1. The summed E-state index contributed by atoms with van der Waals surface area (Å²) in [6.07, 6.45) is 0. The maximum Gasteiger partial charge on any atom is 0.243 e. The van der Waals surface area contributed by atoms with Gasteiger partial charge >= 0.3 is 0 Å². The minimum absolute atomic E-state index is 0.106. The number of hydrogen-bond donors (Lipinski definition) is 2. The molecule has 3 rings (SSSR count). The lowest BCUT2D eigenvalue weighted by molar-refractivity contribution is -0.118. The summed E-state index contributed by atoms with van der Waals surface area (Å²) in [5, 5.41) is 2.93. The van der Waals surface area contributed by atoms with Crippen molar-refractivity contribution in [2.24, 2.45) is 0 Å². The first-order chi connectivity index (χ1) is 13.7. The summed E-state index contributed by atoms with van der Waals surface area (Å²) in [6.45, 7) is 6.85. The van der Waals surface area contributed by atoms with Gasteiger partial charge in [-0.1, -0.05) is 24.3 Å². The molecule has 0 bridgehead atoms. The van der Waals surface area contributed by atoms with Crippen LogP contribution in [0.2, 0.25) is 0 Å². The Morgan fingerprint density at radius 2 is 1.76 bits per heavy atom. The Morgan fingerprint density at radius 3 is 2.38 bits per heavy atom. The van der Waals surface area contributed by atoms with Gasteiger partial charge in [0.05, 0.1) is 11.4 Å². The largest absolute Gasteiger partial charge is 0.399 e. The van der Waals surface area contributed by atoms with Crippen LogP contribution in [0, 0.1) is 6.92 Å². The van der Waals surface area contributed by atoms with Crippen LogP contribution in [0.3, 0.4) is 0 Å². The molecule has 1 fully saturated rings. The first-order valence-corrected chi connectivity index (χ1v) is 11.1. The lowest BCUT2D eigenvalue weighted by Gasteiger charge is -2.43. The molecule has 3 N–H and O–H groups in total. The van der Waals surface area contributed by atoms with Crippen LogP contribution in [0.1, 0.15) is 19.4 Å². The third-order valence-corrected chi connectivity index (χ3v) is 7.26. The average molecular weight is 417 g/mol. The number of nitrogens with one attached hydrogen (secondary N) is 1. The molecule has 29 heavy (non-hydrogen) atoms. The first-order valence-electron chi connectivity index (χ1n) is 9.65. The van der Waals surface area contributed by atoms with Crippen molar-refractivity contribution in [1.29, 1.82) is 0 Å². The van der Waals surface area contributed by atoms with E-state index in [1.165, 1.54) is 10.4 Å². The van der Waals surface area contributed by atoms with Gasteiger partial charge in [0, 0.05) is 36.5 Å². The van der Waals surface area contributed by atoms with Crippen LogP contribution in [0.15, 0.2) is 53.4 Å². The van der Waals surface area contributed by atoms with E-state index in [0.717, 1.165) is 11.3 Å². The molecule has 0 aromatic heterocycles. The summed E-state index contributed by atoms with van der Waals surface area (Å²) in [4.78, 5) is 14.7. The number of anilines is 2. The molecule has 0 saturated carbocycles. The minimum Gasteiger partial charge on any atom is -0.399 e. The van der Waals surface area contributed by atoms with E-state index < -0.39 is 10.0 Å². The summed E-state index contributed by atoms with van der Waals surface area (Å²) in [5.41, 5.74) is 7.98. The summed E-state index contributed by atoms with van der Waals surface area (Å²) in [5.74, 6) is -0.106. The highest BCUT2D eigenvalue weighted by Crippen LogP contribution is 2.26. The first kappa shape index (κ1) is 21.3. The molecule has 1 saturated heterocycles. The summed E-state index contributed by atoms with van der Waals surface area (Å²) in [6, 6.07) is 13.4. The van der Waals surface area contributed by atoms with Crippen molar-refractivity contribution in [2.75, 3.05) is 30.7 Å². The zero-order valence-electron chi connectivity index (χ0n) is 17.0. The molecule has 2 aromatic carbocycles. The van der Waals surface area contributed by atoms with Crippen LogP contribution in [0.25, 0.3) is 0 Å². The monoisotopic (exact) mass is 416 g/mol. The Labute approximate surface area is 172 Å². The fraction of sp³-hybridized carbons (Fsp3) is 0.381. The molecule has 7 nitrogen and oxygen atoms in total. The smallest absolute Gasteiger partial charge is 0.243 e. The predicted molar refractivity (Wildman–Crippen MR) is 115 cm³/mol. The third kappa shape index (κ3) is 4.77. The van der Waals surface area contributed by atoms with Crippen molar-refractivity contribution in [3.63, 3.8) is 0 Å². The maximum atomic E-state index is 13.1. The number of rotatable bonds is 5. The molecular formula is C21H28N4O3S. The van der Waals surface area contributed by atoms with Gasteiger partial charge < -0.3 is 11.1 Å². The maximum absolute atomic E-state index is 13.1. The number of aryl methyl sites for hydroxylation is 1. The van der Waals surface area contributed by atoms with Gasteiger partial charge in [0.25, 0.3) is 0 Å². The number of nitrogens with two attached hydrogens (primary N) is 1. The Hall–Kier alpha value is -2.42. The number of amides is 1. The van der Waals surface area contributed by atoms with Crippen LogP contribution >= 0.6 is 0 Å². The minimum atomic E-state index is -3.66. The second-order valence-corrected chi connectivity index (χ2v) is 9.51. The van der Waals surface area contributed by atoms with Crippen LogP contribution in [-0.4, -0.2) is 55.2 Å². The number of piperazine rings is 1. The quantitative estimate of drug-likeness (QED) is 0.729. The van der Waals surface area contributed by atoms with E-state index in [-0.39, 0.29) is 29.4 Å². The Morgan fingerprint density at radius 1 is 1.10 bits per heavy atom. The molecule has 1 heterocycles. The van der Waals surface area contributed by atoms with Gasteiger partial charge in [0.15, 0.2) is 0 Å². The molecule has 0 spiro atoms. The van der Waals surface area contributed by atoms with Crippen molar-refractivity contribution in [2.45, 2.75) is 37.8 Å². The Bertz CT molecular complexity index is 981. The average Bonchev–Trinajstić information content (AvgIpc) is 2.63. The molecule has 2 atom stereocenters. The van der Waals surface area contributed by atoms with Gasteiger partial charge in [-0.05, 0) is 50.6 Å². The lowest BCUT2D eigenvalue weighted by atomic mass is 10.1. The van der Waals surface area contributed by atoms with Gasteiger partial charge in [-0.25, -0.2) is 8.42 Å². The van der Waals surface area contributed by atoms with Gasteiger partial charge in [-0.3, -0.25) is 9.69 Å². The number of nitrogen functional groups attached to an aromatic ring is 1. The van der Waals surface area contributed by atoms with Crippen molar-refractivity contribution in [3.8, 4) is 0 Å². The number of sulfonamides is 1. The zero-order valence-corrected chi connectivity index (χ0v) is 17.8. The summed E-state index contributed by atoms with van der Waals surface area (Å²) in [7, 11) is -3.66. The van der Waals surface area contributed by atoms with Gasteiger partial charge in [-0.15, -0.1) is 0 Å². The molecular weight excluding hydrogens is 388 g/mol. The van der Waals surface area contributed by atoms with E-state index in [9.17, 15) is 13.2 Å². The second kappa shape index (κ2) is 8.52. The molecule has 1 aliphatic heterocycles. The SMILES string of the molecule is Cc1ccccc1NC(=O)CN1CC(C)N(S(=O)(=O)c2cccc(N)c2)C(C)C1. The van der Waals surface area contributed by atoms with E-state index in [1.807, 2.05) is 49.9 Å². The second-order valence-electron chi connectivity index (χ2n) is 7.66. The van der Waals surface area contributed by atoms with E-state index in [0.29, 0.717) is 18.8 Å². The molecule has 2 unspecified atom stereocenters. The lowest BCUT2D eigenvalue weighted by Crippen LogP contribution is -2.59. The number of nitrogens with zero attached hydrogens (tertiary/aromatic N) is 2. The number of carbonyl (C=O) groups excluding carboxylic acids is 1. The summed E-state index contributed by atoms with van der Waals surface area (Å²) < 4.78 is 27.8. The van der Waals surface area contributed by atoms with E-state index in [1.54, 1.807) is 18.2 Å². The highest BCUT2D eigenvalue weighted by Gasteiger charge is 2.38. The van der Waals surface area contributed by atoms with Gasteiger partial charge in [0.1, 0.15) is 0 Å². The zero-order chi connectivity index (χ0) is 21.2. The van der Waals surface area contributed by atoms with Crippen molar-refractivity contribution >= 4 is 27.3 Å². The Balaban J connectivity index is 1.68. The summed E-state index contributed by atoms with van der Waals surface area (Å²) >= 11 is 0. The molecule has 2 aromatic rings. The predicted octanol–water partition coefficient (Wildman–Crippen LogP) is 2.30. The van der Waals surface area contributed by atoms with E-state index >= 15 is 0 Å². The molecule has 156 valence electrons. The standard InChI is InChI=1S/C21H28N4O3S/c1-15-7-4-5-10-20(15)23-21(26)14-24-12-16(2)25(17(3)13-24)29(27,28)19-9-6-8-18(22)11-19/h4-11,16-17H,12-14,22H2,1-3H3,(H,23,26). The molecule has 8 heteroatoms. The van der Waals surface area contributed by atoms with E-state index in [4.69, 9.17) is 5.73 Å². The van der Waals surface area contributed by atoms with Crippen molar-refractivity contribution < 1.29 is 13.2 Å². The fourth-order valence-electron chi connectivity index (χ4n) is 3.92. The highest BCUT2D eigenvalue weighted by atomic mass is 32.2. The van der Waals surface area contributed by atoms with Crippen LogP contribution in [0.4, 0.5) is 11.4 Å². The van der Waals surface area contributed by atoms with Gasteiger partial charge in [0.2, 0.25) is 15.9 Å². The third-order valence-electron chi connectivity index (χ3n) is 5.13. The fourth-order valence-corrected chi connectivity index (χ4v) is 5.78. The molecule has 1 amide bonds. The Kier molecular flexibility index (Phi) is 6.26. The number of para-hydroxylation sites is 1. The van der Waals surface area contributed by atoms with Crippen LogP contribution < -0.4 is 11.1 Å². The molecule has 0 radical (unpaired) electrons. The number of hydrogen-bond acceptors (Lipinski definition) is 5. The van der Waals surface area contributed by atoms with Gasteiger partial charge in [-0.2, -0.15) is 4.31 Å². The topological polar surface area (TPSA) is 95.7 Å². The van der Waals surface area contributed by atoms with E-state index in [2.05, 4.69) is 5.32 Å². The normalized spacial score (nSPS) is 21.1.